The van der Waals surface area contributed by atoms with Crippen LogP contribution in [0.4, 0.5) is 5.95 Å². The van der Waals surface area contributed by atoms with Crippen molar-refractivity contribution in [2.75, 3.05) is 50.5 Å². The zero-order valence-corrected chi connectivity index (χ0v) is 23.1. The Hall–Kier alpha value is -4.03. The lowest BCUT2D eigenvalue weighted by molar-refractivity contribution is 0.0510. The van der Waals surface area contributed by atoms with E-state index >= 15 is 0 Å². The first kappa shape index (κ1) is 31.2. The lowest BCUT2D eigenvalue weighted by atomic mass is 10.4. The second-order valence-corrected chi connectivity index (χ2v) is 9.97. The van der Waals surface area contributed by atoms with E-state index in [0.29, 0.717) is 29.4 Å². The Kier molecular flexibility index (Phi) is 11.8. The molecule has 4 rings (SSSR count). The molecular formula is C21H30N8O8S2. The van der Waals surface area contributed by atoms with Gasteiger partial charge in [-0.3, -0.25) is 0 Å². The summed E-state index contributed by atoms with van der Waals surface area (Å²) in [4.78, 5) is 52.8. The first-order chi connectivity index (χ1) is 18.5. The quantitative estimate of drug-likeness (QED) is 0.166. The van der Waals surface area contributed by atoms with E-state index in [1.807, 2.05) is 0 Å². The van der Waals surface area contributed by atoms with Crippen LogP contribution in [0.2, 0.25) is 0 Å². The van der Waals surface area contributed by atoms with E-state index in [4.69, 9.17) is 26.8 Å². The van der Waals surface area contributed by atoms with Crippen LogP contribution in [-0.2, 0) is 19.3 Å². The number of carboxylic acids is 1. The van der Waals surface area contributed by atoms with Crippen LogP contribution in [-0.4, -0.2) is 107 Å². The number of carboxylic acid groups (broad SMARTS) is 1. The van der Waals surface area contributed by atoms with E-state index in [1.54, 1.807) is 13.8 Å². The van der Waals surface area contributed by atoms with Crippen LogP contribution in [0.25, 0.3) is 0 Å². The van der Waals surface area contributed by atoms with E-state index < -0.39 is 15.8 Å². The molecule has 1 fully saturated rings. The van der Waals surface area contributed by atoms with Crippen LogP contribution in [0, 0.1) is 4.77 Å². The van der Waals surface area contributed by atoms with Gasteiger partial charge in [0.2, 0.25) is 20.9 Å². The highest BCUT2D eigenvalue weighted by molar-refractivity contribution is 7.90. The number of ether oxygens (including phenoxy) is 2. The number of imidazole rings is 3. The molecule has 3 aromatic rings. The molecule has 0 aliphatic carbocycles. The summed E-state index contributed by atoms with van der Waals surface area (Å²) < 4.78 is 31.6. The third-order valence-corrected chi connectivity index (χ3v) is 5.83. The van der Waals surface area contributed by atoms with Gasteiger partial charge in [0.25, 0.3) is 0 Å². The third kappa shape index (κ3) is 9.98. The number of aromatic carboxylic acids is 1. The van der Waals surface area contributed by atoms with Crippen molar-refractivity contribution in [3.05, 3.63) is 40.4 Å². The molecule has 3 aromatic heterocycles. The molecule has 0 spiro atoms. The lowest BCUT2D eigenvalue weighted by Crippen LogP contribution is -2.44. The summed E-state index contributed by atoms with van der Waals surface area (Å²) in [6.45, 7) is 7.95. The van der Waals surface area contributed by atoms with Crippen molar-refractivity contribution in [2.24, 2.45) is 0 Å². The minimum Gasteiger partial charge on any atom is -0.477 e. The van der Waals surface area contributed by atoms with Crippen LogP contribution in [0.15, 0.2) is 23.7 Å². The molecule has 39 heavy (non-hydrogen) atoms. The summed E-state index contributed by atoms with van der Waals surface area (Å²) in [7, 11) is -3.45. The second-order valence-electron chi connectivity index (χ2n) is 7.63. The number of nitrogens with zero attached hydrogens (tertiary/aromatic N) is 3. The zero-order chi connectivity index (χ0) is 29.0. The number of hydrogen-bond acceptors (Lipinski definition) is 12. The van der Waals surface area contributed by atoms with Gasteiger partial charge < -0.3 is 44.7 Å². The maximum atomic E-state index is 11.4. The Labute approximate surface area is 228 Å². The van der Waals surface area contributed by atoms with E-state index in [-0.39, 0.29) is 22.8 Å². The van der Waals surface area contributed by atoms with Gasteiger partial charge in [-0.05, 0) is 26.1 Å². The SMILES string of the molecule is CCOC(=O)c1c[nH]c(=S)[nH]1.CCOC(=O)c1cnc(N2CCNCC2)[nH]1.CS(=O)(=O)c1ncc(C(=O)O)[nH]1. The van der Waals surface area contributed by atoms with Crippen LogP contribution < -0.4 is 10.2 Å². The van der Waals surface area contributed by atoms with Crippen LogP contribution in [0.5, 0.6) is 0 Å². The summed E-state index contributed by atoms with van der Waals surface area (Å²) in [5, 5.41) is 11.3. The summed E-state index contributed by atoms with van der Waals surface area (Å²) in [5.74, 6) is -1.24. The minimum atomic E-state index is -3.45. The first-order valence-electron chi connectivity index (χ1n) is 11.6. The summed E-state index contributed by atoms with van der Waals surface area (Å²) >= 11 is 4.72. The Morgan fingerprint density at radius 1 is 0.974 bits per heavy atom. The van der Waals surface area contributed by atoms with Gasteiger partial charge in [0.05, 0.1) is 25.6 Å². The topological polar surface area (TPSA) is 228 Å². The van der Waals surface area contributed by atoms with Gasteiger partial charge in [-0.25, -0.2) is 32.8 Å². The zero-order valence-electron chi connectivity index (χ0n) is 21.4. The van der Waals surface area contributed by atoms with E-state index in [9.17, 15) is 22.8 Å². The smallest absolute Gasteiger partial charge is 0.356 e. The van der Waals surface area contributed by atoms with E-state index in [1.165, 1.54) is 12.4 Å². The fraction of sp³-hybridized carbons (Fsp3) is 0.429. The van der Waals surface area contributed by atoms with E-state index in [2.05, 4.69) is 40.1 Å². The van der Waals surface area contributed by atoms with Gasteiger partial charge in [-0.15, -0.1) is 0 Å². The first-order valence-corrected chi connectivity index (χ1v) is 13.9. The largest absolute Gasteiger partial charge is 0.477 e. The van der Waals surface area contributed by atoms with Crippen molar-refractivity contribution in [3.8, 4) is 0 Å². The number of carbonyl (C=O) groups is 3. The van der Waals surface area contributed by atoms with Crippen LogP contribution >= 0.6 is 12.2 Å². The van der Waals surface area contributed by atoms with Crippen LogP contribution in [0.1, 0.15) is 45.3 Å². The molecule has 16 nitrogen and oxygen atoms in total. The second kappa shape index (κ2) is 14.8. The molecule has 0 aromatic carbocycles. The fourth-order valence-corrected chi connectivity index (χ4v) is 3.62. The molecule has 1 aliphatic heterocycles. The van der Waals surface area contributed by atoms with Gasteiger partial charge in [-0.1, -0.05) is 0 Å². The van der Waals surface area contributed by atoms with Crippen molar-refractivity contribution in [1.29, 1.82) is 0 Å². The molecule has 0 bridgehead atoms. The van der Waals surface area contributed by atoms with Crippen molar-refractivity contribution in [3.63, 3.8) is 0 Å². The summed E-state index contributed by atoms with van der Waals surface area (Å²) in [6, 6.07) is 0. The van der Waals surface area contributed by atoms with Crippen molar-refractivity contribution in [1.82, 2.24) is 35.2 Å². The third-order valence-electron chi connectivity index (χ3n) is 4.70. The number of esters is 2. The Morgan fingerprint density at radius 3 is 2.03 bits per heavy atom. The molecule has 0 amide bonds. The molecule has 0 unspecified atom stereocenters. The average molecular weight is 587 g/mol. The molecular weight excluding hydrogens is 556 g/mol. The number of piperazine rings is 1. The number of H-pyrrole nitrogens is 4. The lowest BCUT2D eigenvalue weighted by Gasteiger charge is -2.26. The fourth-order valence-electron chi connectivity index (χ4n) is 2.91. The molecule has 18 heteroatoms. The predicted octanol–water partition coefficient (Wildman–Crippen LogP) is 0.756. The highest BCUT2D eigenvalue weighted by Crippen LogP contribution is 2.10. The normalized spacial score (nSPS) is 12.8. The van der Waals surface area contributed by atoms with Gasteiger partial charge in [0.15, 0.2) is 4.77 Å². The molecule has 1 saturated heterocycles. The number of aromatic amines is 4. The van der Waals surface area contributed by atoms with Crippen molar-refractivity contribution >= 4 is 45.9 Å². The minimum absolute atomic E-state index is 0.240. The molecule has 214 valence electrons. The Bertz CT molecular complexity index is 1400. The van der Waals surface area contributed by atoms with Crippen molar-refractivity contribution in [2.45, 2.75) is 19.0 Å². The molecule has 0 radical (unpaired) electrons. The Morgan fingerprint density at radius 2 is 1.56 bits per heavy atom. The number of rotatable bonds is 7. The summed E-state index contributed by atoms with van der Waals surface area (Å²) in [6.07, 6.45) is 4.91. The maximum absolute atomic E-state index is 11.4. The monoisotopic (exact) mass is 586 g/mol. The average Bonchev–Trinajstić information content (AvgIpc) is 3.66. The van der Waals surface area contributed by atoms with Gasteiger partial charge in [0.1, 0.15) is 17.1 Å². The summed E-state index contributed by atoms with van der Waals surface area (Å²) in [5.41, 5.74) is 0.530. The predicted molar refractivity (Wildman–Crippen MR) is 140 cm³/mol. The number of hydrogen-bond donors (Lipinski definition) is 6. The standard InChI is InChI=1S/C10H16N4O2.C6H8N2O2S.C5H6N2O4S/c1-2-16-9(15)8-7-12-10(13-8)14-5-3-11-4-6-14;1-2-10-5(9)4-3-7-6(11)8-4;1-12(10,11)5-6-2-3(7-5)4(8)9/h7,11H,2-6H2,1H3,(H,12,13);3H,2H2,1H3,(H2,7,8,11);2H,1H3,(H,6,7)(H,8,9). The number of sulfone groups is 1. The molecule has 6 N–H and O–H groups in total. The number of aromatic nitrogens is 6. The van der Waals surface area contributed by atoms with Gasteiger partial charge in [-0.2, -0.15) is 0 Å². The maximum Gasteiger partial charge on any atom is 0.356 e. The van der Waals surface area contributed by atoms with E-state index in [0.717, 1.165) is 44.6 Å². The molecule has 1 aliphatic rings. The van der Waals surface area contributed by atoms with Gasteiger partial charge in [0, 0.05) is 38.6 Å². The highest BCUT2D eigenvalue weighted by atomic mass is 32.2. The molecule has 4 heterocycles. The Balaban J connectivity index is 0.000000210. The van der Waals surface area contributed by atoms with Gasteiger partial charge >= 0.3 is 17.9 Å². The number of carbonyl (C=O) groups excluding carboxylic acids is 2. The van der Waals surface area contributed by atoms with Crippen LogP contribution in [0.3, 0.4) is 0 Å². The molecule has 0 atom stereocenters. The number of nitrogens with one attached hydrogen (secondary N) is 5. The van der Waals surface area contributed by atoms with Crippen molar-refractivity contribution < 1.29 is 37.4 Å². The number of anilines is 1. The highest BCUT2D eigenvalue weighted by Gasteiger charge is 2.16. The molecule has 0 saturated carbocycles.